The topological polar surface area (TPSA) is 84.5 Å². The Hall–Kier alpha value is -3.41. The SMILES string of the molecule is CNC(=O)c1ccc(/C=C/C(=O)N[C@](C)(C(=O)OC)c2ccccc2)cc1. The first kappa shape index (κ1) is 19.9. The molecule has 0 unspecified atom stereocenters. The van der Waals surface area contributed by atoms with Gasteiger partial charge in [0.2, 0.25) is 5.91 Å². The molecule has 0 fully saturated rings. The molecule has 2 rings (SSSR count). The third-order valence-electron chi connectivity index (χ3n) is 4.15. The Balaban J connectivity index is 2.15. The molecule has 0 heterocycles. The fourth-order valence-corrected chi connectivity index (χ4v) is 2.57. The molecule has 2 aromatic rings. The third-order valence-corrected chi connectivity index (χ3v) is 4.15. The Kier molecular flexibility index (Phi) is 6.49. The zero-order valence-electron chi connectivity index (χ0n) is 15.5. The second-order valence-electron chi connectivity index (χ2n) is 6.01. The van der Waals surface area contributed by atoms with Crippen molar-refractivity contribution in [2.24, 2.45) is 0 Å². The minimum absolute atomic E-state index is 0.181. The first-order chi connectivity index (χ1) is 12.9. The molecule has 0 saturated heterocycles. The van der Waals surface area contributed by atoms with Crippen LogP contribution >= 0.6 is 0 Å². The number of hydrogen-bond donors (Lipinski definition) is 2. The largest absolute Gasteiger partial charge is 0.467 e. The molecule has 1 atom stereocenters. The zero-order valence-corrected chi connectivity index (χ0v) is 15.5. The number of carbonyl (C=O) groups excluding carboxylic acids is 3. The van der Waals surface area contributed by atoms with E-state index in [-0.39, 0.29) is 5.91 Å². The molecule has 2 amide bonds. The smallest absolute Gasteiger partial charge is 0.336 e. The molecule has 2 aromatic carbocycles. The van der Waals surface area contributed by atoms with Crippen molar-refractivity contribution in [3.63, 3.8) is 0 Å². The standard InChI is InChI=1S/C21H22N2O4/c1-21(20(26)27-3,17-7-5-4-6-8-17)23-18(24)14-11-15-9-12-16(13-10-15)19(25)22-2/h4-14H,1-3H3,(H,22,25)(H,23,24)/b14-11+/t21-/m0/s1. The highest BCUT2D eigenvalue weighted by Crippen LogP contribution is 2.22. The first-order valence-corrected chi connectivity index (χ1v) is 8.37. The van der Waals surface area contributed by atoms with Crippen molar-refractivity contribution in [3.8, 4) is 0 Å². The van der Waals surface area contributed by atoms with E-state index in [0.717, 1.165) is 5.56 Å². The van der Waals surface area contributed by atoms with Crippen LogP contribution in [0.25, 0.3) is 6.08 Å². The number of rotatable bonds is 6. The van der Waals surface area contributed by atoms with Gasteiger partial charge in [-0.2, -0.15) is 0 Å². The molecule has 0 aliphatic carbocycles. The van der Waals surface area contributed by atoms with Crippen molar-refractivity contribution in [2.75, 3.05) is 14.2 Å². The van der Waals surface area contributed by atoms with Gasteiger partial charge in [-0.05, 0) is 36.3 Å². The van der Waals surface area contributed by atoms with Gasteiger partial charge in [-0.1, -0.05) is 42.5 Å². The Labute approximate surface area is 158 Å². The summed E-state index contributed by atoms with van der Waals surface area (Å²) in [7, 11) is 2.84. The van der Waals surface area contributed by atoms with Crippen LogP contribution in [-0.2, 0) is 19.9 Å². The van der Waals surface area contributed by atoms with E-state index in [2.05, 4.69) is 10.6 Å². The molecule has 0 saturated carbocycles. The summed E-state index contributed by atoms with van der Waals surface area (Å²) in [4.78, 5) is 36.2. The van der Waals surface area contributed by atoms with Crippen LogP contribution in [0.1, 0.15) is 28.4 Å². The summed E-state index contributed by atoms with van der Waals surface area (Å²) >= 11 is 0. The predicted octanol–water partition coefficient (Wildman–Crippen LogP) is 2.26. The Bertz CT molecular complexity index is 844. The van der Waals surface area contributed by atoms with Crippen molar-refractivity contribution >= 4 is 23.9 Å². The number of benzene rings is 2. The van der Waals surface area contributed by atoms with Gasteiger partial charge in [-0.15, -0.1) is 0 Å². The summed E-state index contributed by atoms with van der Waals surface area (Å²) in [6.07, 6.45) is 2.94. The van der Waals surface area contributed by atoms with Gasteiger partial charge in [0.15, 0.2) is 5.54 Å². The Morgan fingerprint density at radius 3 is 2.19 bits per heavy atom. The van der Waals surface area contributed by atoms with Gasteiger partial charge in [0, 0.05) is 18.7 Å². The maximum Gasteiger partial charge on any atom is 0.336 e. The van der Waals surface area contributed by atoms with E-state index >= 15 is 0 Å². The van der Waals surface area contributed by atoms with E-state index in [0.29, 0.717) is 11.1 Å². The van der Waals surface area contributed by atoms with Gasteiger partial charge in [0.25, 0.3) is 5.91 Å². The van der Waals surface area contributed by atoms with E-state index < -0.39 is 17.4 Å². The van der Waals surface area contributed by atoms with Crippen molar-refractivity contribution in [1.82, 2.24) is 10.6 Å². The van der Waals surface area contributed by atoms with Crippen LogP contribution in [0.5, 0.6) is 0 Å². The average Bonchev–Trinajstić information content (AvgIpc) is 2.71. The molecule has 0 aromatic heterocycles. The summed E-state index contributed by atoms with van der Waals surface area (Å²) in [5.74, 6) is -1.19. The lowest BCUT2D eigenvalue weighted by Gasteiger charge is -2.27. The number of amides is 2. The second kappa shape index (κ2) is 8.80. The molecule has 0 aliphatic heterocycles. The van der Waals surface area contributed by atoms with Crippen molar-refractivity contribution < 1.29 is 19.1 Å². The molecule has 0 aliphatic rings. The molecule has 27 heavy (non-hydrogen) atoms. The zero-order chi connectivity index (χ0) is 19.9. The number of nitrogens with one attached hydrogen (secondary N) is 2. The second-order valence-corrected chi connectivity index (χ2v) is 6.01. The van der Waals surface area contributed by atoms with E-state index in [4.69, 9.17) is 4.74 Å². The van der Waals surface area contributed by atoms with Gasteiger partial charge >= 0.3 is 5.97 Å². The maximum absolute atomic E-state index is 12.4. The number of carbonyl (C=O) groups is 3. The fraction of sp³-hybridized carbons (Fsp3) is 0.190. The lowest BCUT2D eigenvalue weighted by Crippen LogP contribution is -2.49. The molecule has 0 bridgehead atoms. The quantitative estimate of drug-likeness (QED) is 0.607. The van der Waals surface area contributed by atoms with Crippen LogP contribution in [0.4, 0.5) is 0 Å². The number of ether oxygens (including phenoxy) is 1. The van der Waals surface area contributed by atoms with Crippen LogP contribution in [0.2, 0.25) is 0 Å². The van der Waals surface area contributed by atoms with E-state index in [1.54, 1.807) is 68.6 Å². The number of hydrogen-bond acceptors (Lipinski definition) is 4. The fourth-order valence-electron chi connectivity index (χ4n) is 2.57. The highest BCUT2D eigenvalue weighted by molar-refractivity contribution is 5.97. The third kappa shape index (κ3) is 4.82. The normalized spacial score (nSPS) is 12.9. The van der Waals surface area contributed by atoms with Crippen LogP contribution in [-0.4, -0.2) is 31.9 Å². The van der Waals surface area contributed by atoms with Crippen LogP contribution in [0.15, 0.2) is 60.7 Å². The summed E-state index contributed by atoms with van der Waals surface area (Å²) in [6, 6.07) is 15.7. The first-order valence-electron chi connectivity index (χ1n) is 8.37. The molecule has 140 valence electrons. The maximum atomic E-state index is 12.4. The molecule has 0 radical (unpaired) electrons. The number of methoxy groups -OCH3 is 1. The monoisotopic (exact) mass is 366 g/mol. The molecule has 0 spiro atoms. The van der Waals surface area contributed by atoms with Gasteiger partial charge in [0.1, 0.15) is 0 Å². The van der Waals surface area contributed by atoms with Gasteiger partial charge in [-0.25, -0.2) is 4.79 Å². The summed E-state index contributed by atoms with van der Waals surface area (Å²) in [5, 5.41) is 5.25. The summed E-state index contributed by atoms with van der Waals surface area (Å²) in [6.45, 7) is 1.60. The summed E-state index contributed by atoms with van der Waals surface area (Å²) in [5.41, 5.74) is 0.591. The minimum atomic E-state index is -1.31. The van der Waals surface area contributed by atoms with Crippen molar-refractivity contribution in [2.45, 2.75) is 12.5 Å². The van der Waals surface area contributed by atoms with Gasteiger partial charge in [0.05, 0.1) is 7.11 Å². The van der Waals surface area contributed by atoms with Crippen LogP contribution in [0.3, 0.4) is 0 Å². The minimum Gasteiger partial charge on any atom is -0.467 e. The lowest BCUT2D eigenvalue weighted by molar-refractivity contribution is -0.150. The van der Waals surface area contributed by atoms with Crippen LogP contribution in [0, 0.1) is 0 Å². The lowest BCUT2D eigenvalue weighted by atomic mass is 9.92. The summed E-state index contributed by atoms with van der Waals surface area (Å²) < 4.78 is 4.86. The van der Waals surface area contributed by atoms with E-state index in [1.165, 1.54) is 13.2 Å². The highest BCUT2D eigenvalue weighted by atomic mass is 16.5. The molecular formula is C21H22N2O4. The van der Waals surface area contributed by atoms with Crippen molar-refractivity contribution in [1.29, 1.82) is 0 Å². The van der Waals surface area contributed by atoms with Gasteiger partial charge < -0.3 is 15.4 Å². The molecular weight excluding hydrogens is 344 g/mol. The predicted molar refractivity (Wildman–Crippen MR) is 103 cm³/mol. The average molecular weight is 366 g/mol. The Morgan fingerprint density at radius 1 is 1.00 bits per heavy atom. The van der Waals surface area contributed by atoms with E-state index in [9.17, 15) is 14.4 Å². The van der Waals surface area contributed by atoms with Crippen molar-refractivity contribution in [3.05, 3.63) is 77.4 Å². The highest BCUT2D eigenvalue weighted by Gasteiger charge is 2.37. The molecule has 2 N–H and O–H groups in total. The molecule has 6 heteroatoms. The Morgan fingerprint density at radius 2 is 1.63 bits per heavy atom. The molecule has 6 nitrogen and oxygen atoms in total. The number of esters is 1. The van der Waals surface area contributed by atoms with Crippen LogP contribution < -0.4 is 10.6 Å². The van der Waals surface area contributed by atoms with E-state index in [1.807, 2.05) is 6.07 Å². The van der Waals surface area contributed by atoms with Gasteiger partial charge in [-0.3, -0.25) is 9.59 Å².